The highest BCUT2D eigenvalue weighted by Crippen LogP contribution is 2.60. The maximum atomic E-state index is 2.44. The first-order chi connectivity index (χ1) is 26.7. The summed E-state index contributed by atoms with van der Waals surface area (Å²) in [6, 6.07) is 36.3. The van der Waals surface area contributed by atoms with Crippen LogP contribution in [0.3, 0.4) is 0 Å². The number of hydrogen-bond acceptors (Lipinski definition) is 0. The molecule has 0 bridgehead atoms. The first-order valence-corrected chi connectivity index (χ1v) is 19.2. The van der Waals surface area contributed by atoms with Gasteiger partial charge in [0.15, 0.2) is 0 Å². The Bertz CT molecular complexity index is 2330. The van der Waals surface area contributed by atoms with E-state index in [0.29, 0.717) is 0 Å². The van der Waals surface area contributed by atoms with Gasteiger partial charge in [-0.3, -0.25) is 0 Å². The van der Waals surface area contributed by atoms with Crippen LogP contribution in [0.15, 0.2) is 230 Å². The van der Waals surface area contributed by atoms with Gasteiger partial charge in [-0.1, -0.05) is 225 Å². The molecule has 4 aromatic rings. The van der Waals surface area contributed by atoms with E-state index >= 15 is 0 Å². The van der Waals surface area contributed by atoms with Crippen molar-refractivity contribution in [3.05, 3.63) is 263 Å². The fraction of sp³-hybridized carbons (Fsp3) is 0.111. The summed E-state index contributed by atoms with van der Waals surface area (Å²) >= 11 is 0. The number of allylic oxidation sites excluding steroid dienone is 23. The quantitative estimate of drug-likeness (QED) is 0.145. The molecule has 3 aliphatic rings. The van der Waals surface area contributed by atoms with Crippen LogP contribution in [0, 0.1) is 0 Å². The average Bonchev–Trinajstić information content (AvgIpc) is 3.51. The van der Waals surface area contributed by atoms with E-state index in [-0.39, 0.29) is 11.3 Å². The van der Waals surface area contributed by atoms with E-state index in [1.807, 2.05) is 67.7 Å². The van der Waals surface area contributed by atoms with Crippen LogP contribution in [0.25, 0.3) is 22.8 Å². The SMILES string of the molecule is C/C=C1/C=C\C=C/c2ccccc2C12C1=C(C=CC(c3cccc(-c4ccc(C\C=C/C=C\C=C\C=C/C=C\C=C/C=C/C)cc4)c3)C1)c1ccccc12. The Hall–Kier alpha value is -6.24. The van der Waals surface area contributed by atoms with Crippen molar-refractivity contribution >= 4 is 11.6 Å². The second kappa shape index (κ2) is 17.5. The average molecular weight is 697 g/mol. The molecule has 0 N–H and O–H groups in total. The summed E-state index contributed by atoms with van der Waals surface area (Å²) in [5.74, 6) is 0.279. The Labute approximate surface area is 322 Å². The van der Waals surface area contributed by atoms with Crippen molar-refractivity contribution in [2.75, 3.05) is 0 Å². The van der Waals surface area contributed by atoms with Crippen molar-refractivity contribution in [3.63, 3.8) is 0 Å². The zero-order valence-corrected chi connectivity index (χ0v) is 31.4. The largest absolute Gasteiger partial charge is 0.0877 e. The van der Waals surface area contributed by atoms with Gasteiger partial charge in [-0.25, -0.2) is 0 Å². The van der Waals surface area contributed by atoms with Gasteiger partial charge in [0.2, 0.25) is 0 Å². The summed E-state index contributed by atoms with van der Waals surface area (Å²) in [4.78, 5) is 0. The van der Waals surface area contributed by atoms with Crippen LogP contribution in [-0.2, 0) is 11.8 Å². The third kappa shape index (κ3) is 7.61. The number of hydrogen-bond donors (Lipinski definition) is 0. The lowest BCUT2D eigenvalue weighted by molar-refractivity contribution is 0.663. The van der Waals surface area contributed by atoms with E-state index < -0.39 is 0 Å². The molecule has 4 aromatic carbocycles. The van der Waals surface area contributed by atoms with Gasteiger partial charge in [0, 0.05) is 5.92 Å². The van der Waals surface area contributed by atoms with Crippen LogP contribution in [0.4, 0.5) is 0 Å². The standard InChI is InChI=1S/C54H48/c1-3-5-6-7-8-9-10-11-12-13-14-15-16-17-25-42-34-36-43(37-35-42)45-28-24-29-46(40-45)47-38-39-50-49-31-21-23-33-52(49)54(53(50)41-47)48(4-2)30-20-18-26-44-27-19-22-32-51(44)54/h3-24,26-40,47H,25,41H2,1-2H3/b5-3+,7-6-,9-8-,11-10-,13-12+,15-14-,17-16-,26-18-,30-20-,48-4-. The first-order valence-electron chi connectivity index (χ1n) is 19.2. The summed E-state index contributed by atoms with van der Waals surface area (Å²) < 4.78 is 0. The predicted octanol–water partition coefficient (Wildman–Crippen LogP) is 14.1. The van der Waals surface area contributed by atoms with Crippen LogP contribution >= 0.6 is 0 Å². The lowest BCUT2D eigenvalue weighted by Crippen LogP contribution is -2.32. The number of fused-ring (bicyclic) bond motifs is 6. The topological polar surface area (TPSA) is 0 Å². The van der Waals surface area contributed by atoms with Crippen LogP contribution in [0.5, 0.6) is 0 Å². The molecule has 7 rings (SSSR count). The number of benzene rings is 4. The fourth-order valence-electron chi connectivity index (χ4n) is 8.11. The van der Waals surface area contributed by atoms with Gasteiger partial charge in [-0.05, 0) is 87.9 Å². The predicted molar refractivity (Wildman–Crippen MR) is 234 cm³/mol. The van der Waals surface area contributed by atoms with Gasteiger partial charge in [-0.15, -0.1) is 0 Å². The van der Waals surface area contributed by atoms with Crippen molar-refractivity contribution in [1.82, 2.24) is 0 Å². The number of rotatable bonds is 10. The molecule has 3 aliphatic carbocycles. The van der Waals surface area contributed by atoms with Gasteiger partial charge in [0.05, 0.1) is 5.41 Å². The van der Waals surface area contributed by atoms with Gasteiger partial charge < -0.3 is 0 Å². The molecule has 2 unspecified atom stereocenters. The minimum atomic E-state index is -0.339. The molecule has 2 atom stereocenters. The lowest BCUT2D eigenvalue weighted by atomic mass is 9.62. The highest BCUT2D eigenvalue weighted by Gasteiger charge is 2.49. The molecule has 0 fully saturated rings. The van der Waals surface area contributed by atoms with E-state index in [1.54, 1.807) is 0 Å². The highest BCUT2D eigenvalue weighted by atomic mass is 14.5. The molecule has 0 saturated heterocycles. The third-order valence-corrected chi connectivity index (χ3v) is 10.6. The maximum absolute atomic E-state index is 2.44. The van der Waals surface area contributed by atoms with E-state index in [0.717, 1.165) is 12.8 Å². The Balaban J connectivity index is 1.06. The normalized spacial score (nSPS) is 21.4. The molecule has 0 saturated carbocycles. The molecule has 0 heterocycles. The van der Waals surface area contributed by atoms with Gasteiger partial charge >= 0.3 is 0 Å². The molecule has 0 amide bonds. The molecule has 0 nitrogen and oxygen atoms in total. The molecular formula is C54H48. The van der Waals surface area contributed by atoms with Crippen LogP contribution in [0.1, 0.15) is 59.6 Å². The highest BCUT2D eigenvalue weighted by molar-refractivity contribution is 5.92. The Morgan fingerprint density at radius 3 is 2.00 bits per heavy atom. The van der Waals surface area contributed by atoms with Crippen molar-refractivity contribution in [2.45, 2.75) is 38.0 Å². The molecule has 264 valence electrons. The summed E-state index contributed by atoms with van der Waals surface area (Å²) in [5, 5.41) is 0. The van der Waals surface area contributed by atoms with Crippen LogP contribution < -0.4 is 0 Å². The first kappa shape index (κ1) is 36.1. The lowest BCUT2D eigenvalue weighted by Gasteiger charge is -2.39. The van der Waals surface area contributed by atoms with E-state index in [4.69, 9.17) is 0 Å². The smallest absolute Gasteiger partial charge is 0.0679 e. The minimum Gasteiger partial charge on any atom is -0.0877 e. The summed E-state index contributed by atoms with van der Waals surface area (Å²) in [6.45, 7) is 4.21. The second-order valence-corrected chi connectivity index (χ2v) is 13.8. The monoisotopic (exact) mass is 696 g/mol. The Morgan fingerprint density at radius 1 is 0.593 bits per heavy atom. The van der Waals surface area contributed by atoms with Crippen molar-refractivity contribution in [1.29, 1.82) is 0 Å². The summed E-state index contributed by atoms with van der Waals surface area (Å²) in [5.41, 5.74) is 14.4. The molecule has 1 spiro atoms. The van der Waals surface area contributed by atoms with E-state index in [1.165, 1.54) is 61.2 Å². The molecule has 0 heteroatoms. The Morgan fingerprint density at radius 2 is 1.26 bits per heavy atom. The van der Waals surface area contributed by atoms with E-state index in [2.05, 4.69) is 171 Å². The molecule has 54 heavy (non-hydrogen) atoms. The van der Waals surface area contributed by atoms with Gasteiger partial charge in [-0.2, -0.15) is 0 Å². The van der Waals surface area contributed by atoms with Crippen molar-refractivity contribution < 1.29 is 0 Å². The summed E-state index contributed by atoms with van der Waals surface area (Å²) in [6.07, 6.45) is 46.7. The van der Waals surface area contributed by atoms with Crippen molar-refractivity contribution in [3.8, 4) is 11.1 Å². The second-order valence-electron chi connectivity index (χ2n) is 13.8. The zero-order valence-electron chi connectivity index (χ0n) is 31.4. The third-order valence-electron chi connectivity index (χ3n) is 10.6. The van der Waals surface area contributed by atoms with Crippen molar-refractivity contribution in [2.24, 2.45) is 0 Å². The summed E-state index contributed by atoms with van der Waals surface area (Å²) in [7, 11) is 0. The minimum absolute atomic E-state index is 0.279. The molecule has 0 aliphatic heterocycles. The van der Waals surface area contributed by atoms with E-state index in [9.17, 15) is 0 Å². The zero-order chi connectivity index (χ0) is 37.0. The van der Waals surface area contributed by atoms with Crippen LogP contribution in [0.2, 0.25) is 0 Å². The Kier molecular flexibility index (Phi) is 11.7. The van der Waals surface area contributed by atoms with Crippen LogP contribution in [-0.4, -0.2) is 0 Å². The fourth-order valence-corrected chi connectivity index (χ4v) is 8.11. The maximum Gasteiger partial charge on any atom is 0.0679 e. The van der Waals surface area contributed by atoms with Gasteiger partial charge in [0.1, 0.15) is 0 Å². The molecular weight excluding hydrogens is 649 g/mol. The van der Waals surface area contributed by atoms with Gasteiger partial charge in [0.25, 0.3) is 0 Å². The molecule has 0 aromatic heterocycles. The molecule has 0 radical (unpaired) electrons.